The summed E-state index contributed by atoms with van der Waals surface area (Å²) in [5.41, 5.74) is 0.570. The number of esters is 1. The molecule has 0 unspecified atom stereocenters. The van der Waals surface area contributed by atoms with E-state index in [1.54, 1.807) is 0 Å². The Morgan fingerprint density at radius 3 is 2.20 bits per heavy atom. The van der Waals surface area contributed by atoms with Crippen molar-refractivity contribution < 1.29 is 9.53 Å². The molecular formula is C17H25NO2. The van der Waals surface area contributed by atoms with Crippen LogP contribution in [0.3, 0.4) is 0 Å². The van der Waals surface area contributed by atoms with Gasteiger partial charge in [-0.2, -0.15) is 0 Å². The molecule has 0 radical (unpaired) electrons. The Labute approximate surface area is 122 Å². The smallest absolute Gasteiger partial charge is 0.324 e. The summed E-state index contributed by atoms with van der Waals surface area (Å²) in [6.07, 6.45) is 1.81. The summed E-state index contributed by atoms with van der Waals surface area (Å²) in [5, 5.41) is 0. The zero-order valence-corrected chi connectivity index (χ0v) is 13.1. The Balaban J connectivity index is 3.05. The van der Waals surface area contributed by atoms with Crippen molar-refractivity contribution in [2.45, 2.75) is 38.3 Å². The molecule has 1 rings (SSSR count). The van der Waals surface area contributed by atoms with Gasteiger partial charge in [-0.1, -0.05) is 36.4 Å². The van der Waals surface area contributed by atoms with Gasteiger partial charge in [0.05, 0.1) is 0 Å². The predicted octanol–water partition coefficient (Wildman–Crippen LogP) is 3.23. The van der Waals surface area contributed by atoms with E-state index in [0.29, 0.717) is 0 Å². The average Bonchev–Trinajstić information content (AvgIpc) is 2.33. The van der Waals surface area contributed by atoms with E-state index in [4.69, 9.17) is 4.74 Å². The molecule has 3 nitrogen and oxygen atoms in total. The first-order valence-electron chi connectivity index (χ1n) is 6.83. The molecule has 0 aromatic heterocycles. The quantitative estimate of drug-likeness (QED) is 0.610. The molecule has 1 aromatic rings. The molecule has 0 bridgehead atoms. The second kappa shape index (κ2) is 6.71. The van der Waals surface area contributed by atoms with Gasteiger partial charge >= 0.3 is 5.97 Å². The van der Waals surface area contributed by atoms with Crippen molar-refractivity contribution in [1.29, 1.82) is 0 Å². The first-order chi connectivity index (χ1) is 9.26. The van der Waals surface area contributed by atoms with Crippen molar-refractivity contribution in [1.82, 2.24) is 4.90 Å². The molecule has 0 aliphatic rings. The summed E-state index contributed by atoms with van der Waals surface area (Å²) < 4.78 is 5.54. The van der Waals surface area contributed by atoms with Crippen LogP contribution in [0.4, 0.5) is 0 Å². The van der Waals surface area contributed by atoms with Crippen LogP contribution in [0.5, 0.6) is 0 Å². The van der Waals surface area contributed by atoms with Crippen molar-refractivity contribution >= 4 is 5.97 Å². The molecule has 3 heteroatoms. The fourth-order valence-electron chi connectivity index (χ4n) is 2.16. The number of likely N-dealkylation sites (N-methyl/N-ethyl adjacent to an activating group) is 1. The molecule has 20 heavy (non-hydrogen) atoms. The van der Waals surface area contributed by atoms with Gasteiger partial charge in [0.2, 0.25) is 0 Å². The van der Waals surface area contributed by atoms with Gasteiger partial charge in [0.15, 0.2) is 0 Å². The van der Waals surface area contributed by atoms with Crippen LogP contribution < -0.4 is 0 Å². The SMILES string of the molecule is C=C[C@H](c1ccccc1)[C@@H](C(=O)OC(C)(C)C)N(C)C. The third-order valence-electron chi connectivity index (χ3n) is 2.98. The van der Waals surface area contributed by atoms with Crippen LogP contribution in [0.25, 0.3) is 0 Å². The number of carbonyl (C=O) groups is 1. The van der Waals surface area contributed by atoms with Crippen LogP contribution in [0.15, 0.2) is 43.0 Å². The lowest BCUT2D eigenvalue weighted by Gasteiger charge is -2.32. The van der Waals surface area contributed by atoms with E-state index in [1.807, 2.05) is 76.2 Å². The highest BCUT2D eigenvalue weighted by molar-refractivity contribution is 5.78. The van der Waals surface area contributed by atoms with Crippen LogP contribution in [0.2, 0.25) is 0 Å². The highest BCUT2D eigenvalue weighted by Crippen LogP contribution is 2.26. The molecular weight excluding hydrogens is 250 g/mol. The van der Waals surface area contributed by atoms with E-state index in [1.165, 1.54) is 0 Å². The van der Waals surface area contributed by atoms with Gasteiger partial charge in [0.1, 0.15) is 11.6 Å². The first-order valence-corrected chi connectivity index (χ1v) is 6.83. The average molecular weight is 275 g/mol. The minimum atomic E-state index is -0.492. The fraction of sp³-hybridized carbons (Fsp3) is 0.471. The number of carbonyl (C=O) groups excluding carboxylic acids is 1. The summed E-state index contributed by atoms with van der Waals surface area (Å²) in [6.45, 7) is 9.52. The summed E-state index contributed by atoms with van der Waals surface area (Å²) in [6, 6.07) is 9.53. The van der Waals surface area contributed by atoms with Crippen LogP contribution >= 0.6 is 0 Å². The van der Waals surface area contributed by atoms with Gasteiger partial charge in [0.25, 0.3) is 0 Å². The largest absolute Gasteiger partial charge is 0.459 e. The molecule has 1 aromatic carbocycles. The van der Waals surface area contributed by atoms with E-state index >= 15 is 0 Å². The lowest BCUT2D eigenvalue weighted by atomic mass is 9.90. The summed E-state index contributed by atoms with van der Waals surface area (Å²) in [7, 11) is 3.77. The Morgan fingerprint density at radius 2 is 1.80 bits per heavy atom. The lowest BCUT2D eigenvalue weighted by Crippen LogP contribution is -2.44. The molecule has 2 atom stereocenters. The van der Waals surface area contributed by atoms with Crippen molar-refractivity contribution in [2.24, 2.45) is 0 Å². The van der Waals surface area contributed by atoms with Crippen molar-refractivity contribution in [3.05, 3.63) is 48.6 Å². The van der Waals surface area contributed by atoms with Crippen LogP contribution in [0, 0.1) is 0 Å². The lowest BCUT2D eigenvalue weighted by molar-refractivity contribution is -0.160. The van der Waals surface area contributed by atoms with E-state index in [2.05, 4.69) is 6.58 Å². The van der Waals surface area contributed by atoms with Gasteiger partial charge in [-0.25, -0.2) is 0 Å². The summed E-state index contributed by atoms with van der Waals surface area (Å²) in [4.78, 5) is 14.3. The number of benzene rings is 1. The highest BCUT2D eigenvalue weighted by atomic mass is 16.6. The van der Waals surface area contributed by atoms with E-state index in [9.17, 15) is 4.79 Å². The molecule has 0 heterocycles. The fourth-order valence-corrected chi connectivity index (χ4v) is 2.16. The van der Waals surface area contributed by atoms with Gasteiger partial charge in [0, 0.05) is 5.92 Å². The van der Waals surface area contributed by atoms with Crippen LogP contribution in [-0.4, -0.2) is 36.6 Å². The molecule has 0 saturated carbocycles. The normalized spacial score (nSPS) is 14.7. The minimum absolute atomic E-state index is 0.0963. The van der Waals surface area contributed by atoms with Gasteiger partial charge in [-0.15, -0.1) is 6.58 Å². The first kappa shape index (κ1) is 16.4. The van der Waals surface area contributed by atoms with Gasteiger partial charge < -0.3 is 4.74 Å². The standard InChI is InChI=1S/C17H25NO2/c1-7-14(13-11-9-8-10-12-13)15(18(5)6)16(19)20-17(2,3)4/h7-12,14-15H,1H2,2-6H3/t14-,15+/m1/s1. The van der Waals surface area contributed by atoms with E-state index < -0.39 is 5.60 Å². The number of rotatable bonds is 5. The molecule has 0 saturated heterocycles. The van der Waals surface area contributed by atoms with Gasteiger partial charge in [-0.05, 0) is 40.4 Å². The van der Waals surface area contributed by atoms with Crippen molar-refractivity contribution in [2.75, 3.05) is 14.1 Å². The zero-order chi connectivity index (χ0) is 15.3. The third-order valence-corrected chi connectivity index (χ3v) is 2.98. The minimum Gasteiger partial charge on any atom is -0.459 e. The Bertz CT molecular complexity index is 446. The Hall–Kier alpha value is -1.61. The highest BCUT2D eigenvalue weighted by Gasteiger charge is 2.33. The summed E-state index contributed by atoms with van der Waals surface area (Å²) in [5.74, 6) is -0.322. The molecule has 0 N–H and O–H groups in total. The molecule has 0 aliphatic heterocycles. The maximum absolute atomic E-state index is 12.5. The molecule has 0 amide bonds. The zero-order valence-electron chi connectivity index (χ0n) is 13.1. The number of hydrogen-bond donors (Lipinski definition) is 0. The molecule has 0 aliphatic carbocycles. The van der Waals surface area contributed by atoms with E-state index in [0.717, 1.165) is 5.56 Å². The van der Waals surface area contributed by atoms with Crippen molar-refractivity contribution in [3.8, 4) is 0 Å². The maximum atomic E-state index is 12.5. The number of nitrogens with zero attached hydrogens (tertiary/aromatic N) is 1. The van der Waals surface area contributed by atoms with Crippen LogP contribution in [0.1, 0.15) is 32.3 Å². The number of hydrogen-bond acceptors (Lipinski definition) is 3. The molecule has 0 spiro atoms. The van der Waals surface area contributed by atoms with Crippen LogP contribution in [-0.2, 0) is 9.53 Å². The maximum Gasteiger partial charge on any atom is 0.324 e. The second-order valence-electron chi connectivity index (χ2n) is 6.11. The van der Waals surface area contributed by atoms with E-state index in [-0.39, 0.29) is 17.9 Å². The Kier molecular flexibility index (Phi) is 5.52. The van der Waals surface area contributed by atoms with Gasteiger partial charge in [-0.3, -0.25) is 9.69 Å². The summed E-state index contributed by atoms with van der Waals surface area (Å²) >= 11 is 0. The third kappa shape index (κ3) is 4.49. The Morgan fingerprint density at radius 1 is 1.25 bits per heavy atom. The topological polar surface area (TPSA) is 29.5 Å². The molecule has 110 valence electrons. The second-order valence-corrected chi connectivity index (χ2v) is 6.11. The monoisotopic (exact) mass is 275 g/mol. The predicted molar refractivity (Wildman–Crippen MR) is 82.7 cm³/mol. The number of ether oxygens (including phenoxy) is 1. The molecule has 0 fully saturated rings. The van der Waals surface area contributed by atoms with Crippen molar-refractivity contribution in [3.63, 3.8) is 0 Å².